The Hall–Kier alpha value is -3.32. The molecule has 0 N–H and O–H groups in total. The topological polar surface area (TPSA) is 79.5 Å². The van der Waals surface area contributed by atoms with E-state index >= 15 is 0 Å². The van der Waals surface area contributed by atoms with Crippen molar-refractivity contribution in [3.8, 4) is 11.1 Å². The normalized spacial score (nSPS) is 11.3. The molecule has 0 saturated carbocycles. The molecule has 3 rings (SSSR count). The van der Waals surface area contributed by atoms with Gasteiger partial charge in [0, 0.05) is 17.9 Å². The van der Waals surface area contributed by atoms with E-state index in [-0.39, 0.29) is 6.54 Å². The first-order chi connectivity index (χ1) is 13.4. The molecule has 6 nitrogen and oxygen atoms in total. The van der Waals surface area contributed by atoms with E-state index in [1.54, 1.807) is 0 Å². The van der Waals surface area contributed by atoms with Crippen LogP contribution in [0.4, 0.5) is 13.2 Å². The number of nitrogens with zero attached hydrogens (tertiary/aromatic N) is 6. The Morgan fingerprint density at radius 1 is 0.964 bits per heavy atom. The number of hydrogen-bond donors (Lipinski definition) is 0. The van der Waals surface area contributed by atoms with Crippen molar-refractivity contribution in [1.29, 1.82) is 0 Å². The molecule has 0 unspecified atom stereocenters. The molecule has 0 radical (unpaired) electrons. The monoisotopic (exact) mass is 386 g/mol. The number of benzene rings is 2. The number of rotatable bonds is 6. The molecule has 0 bridgehead atoms. The minimum atomic E-state index is -4.34. The Kier molecular flexibility index (Phi) is 5.65. The predicted molar refractivity (Wildman–Crippen MR) is 98.2 cm³/mol. The number of halogens is 3. The molecule has 2 aromatic carbocycles. The van der Waals surface area contributed by atoms with E-state index in [0.29, 0.717) is 24.4 Å². The lowest BCUT2D eigenvalue weighted by molar-refractivity contribution is -0.137. The summed E-state index contributed by atoms with van der Waals surface area (Å²) in [5.74, 6) is 1.37. The van der Waals surface area contributed by atoms with Crippen LogP contribution in [0.3, 0.4) is 0 Å². The summed E-state index contributed by atoms with van der Waals surface area (Å²) >= 11 is 0. The summed E-state index contributed by atoms with van der Waals surface area (Å²) in [6, 6.07) is 12.7. The first kappa shape index (κ1) is 19.4. The fraction of sp³-hybridized carbons (Fsp3) is 0.263. The molecule has 144 valence electrons. The van der Waals surface area contributed by atoms with Crippen LogP contribution in [-0.4, -0.2) is 14.8 Å². The summed E-state index contributed by atoms with van der Waals surface area (Å²) in [5, 5.41) is 11.8. The molecule has 0 atom stereocenters. The molecule has 1 heterocycles. The van der Waals surface area contributed by atoms with Crippen molar-refractivity contribution < 1.29 is 13.2 Å². The van der Waals surface area contributed by atoms with Gasteiger partial charge >= 0.3 is 6.18 Å². The number of aromatic nitrogens is 3. The van der Waals surface area contributed by atoms with Gasteiger partial charge in [-0.05, 0) is 41.3 Å². The highest BCUT2D eigenvalue weighted by Crippen LogP contribution is 2.31. The summed E-state index contributed by atoms with van der Waals surface area (Å²) in [6.45, 7) is 2.76. The maximum atomic E-state index is 12.7. The molecular weight excluding hydrogens is 369 g/mol. The number of alkyl halides is 3. The van der Waals surface area contributed by atoms with Crippen LogP contribution in [0.5, 0.6) is 0 Å². The first-order valence-electron chi connectivity index (χ1n) is 8.60. The predicted octanol–water partition coefficient (Wildman–Crippen LogP) is 5.38. The summed E-state index contributed by atoms with van der Waals surface area (Å²) in [6.07, 6.45) is -3.79. The maximum Gasteiger partial charge on any atom is 0.416 e. The minimum Gasteiger partial charge on any atom is -0.315 e. The molecule has 9 heteroatoms. The highest BCUT2D eigenvalue weighted by Gasteiger charge is 2.29. The van der Waals surface area contributed by atoms with Crippen LogP contribution in [0, 0.1) is 0 Å². The lowest BCUT2D eigenvalue weighted by atomic mass is 10.0. The molecule has 28 heavy (non-hydrogen) atoms. The van der Waals surface area contributed by atoms with Gasteiger partial charge < -0.3 is 4.57 Å². The zero-order chi connectivity index (χ0) is 20.1. The van der Waals surface area contributed by atoms with Crippen LogP contribution in [0.1, 0.15) is 29.7 Å². The van der Waals surface area contributed by atoms with E-state index in [2.05, 4.69) is 20.2 Å². The fourth-order valence-corrected chi connectivity index (χ4v) is 2.93. The van der Waals surface area contributed by atoms with Crippen LogP contribution < -0.4 is 0 Å². The summed E-state index contributed by atoms with van der Waals surface area (Å²) in [5.41, 5.74) is 10.3. The van der Waals surface area contributed by atoms with Crippen LogP contribution in [0.15, 0.2) is 53.6 Å². The average molecular weight is 386 g/mol. The van der Waals surface area contributed by atoms with E-state index in [0.717, 1.165) is 29.1 Å². The van der Waals surface area contributed by atoms with E-state index in [1.807, 2.05) is 35.8 Å². The van der Waals surface area contributed by atoms with Gasteiger partial charge in [0.25, 0.3) is 0 Å². The van der Waals surface area contributed by atoms with E-state index in [1.165, 1.54) is 12.1 Å². The average Bonchev–Trinajstić information content (AvgIpc) is 3.07. The lowest BCUT2D eigenvalue weighted by Gasteiger charge is -2.09. The third-order valence-electron chi connectivity index (χ3n) is 4.36. The summed E-state index contributed by atoms with van der Waals surface area (Å²) in [7, 11) is 0. The van der Waals surface area contributed by atoms with Crippen molar-refractivity contribution in [3.05, 3.63) is 81.7 Å². The van der Waals surface area contributed by atoms with Gasteiger partial charge in [-0.25, -0.2) is 0 Å². The van der Waals surface area contributed by atoms with Crippen LogP contribution in [0.2, 0.25) is 0 Å². The van der Waals surface area contributed by atoms with E-state index in [9.17, 15) is 13.2 Å². The number of azide groups is 1. The van der Waals surface area contributed by atoms with Gasteiger partial charge in [-0.1, -0.05) is 41.5 Å². The summed E-state index contributed by atoms with van der Waals surface area (Å²) < 4.78 is 39.9. The summed E-state index contributed by atoms with van der Waals surface area (Å²) in [4.78, 5) is 2.74. The largest absolute Gasteiger partial charge is 0.416 e. The maximum absolute atomic E-state index is 12.7. The van der Waals surface area contributed by atoms with Crippen molar-refractivity contribution in [1.82, 2.24) is 14.8 Å². The van der Waals surface area contributed by atoms with Gasteiger partial charge in [0.1, 0.15) is 11.6 Å². The minimum absolute atomic E-state index is 0.143. The zero-order valence-corrected chi connectivity index (χ0v) is 15.1. The third kappa shape index (κ3) is 4.32. The SMILES string of the molecule is CCn1c(CN=[N+]=[N-])nnc1Cc1ccc(-c2ccc(C(F)(F)F)cc2)cc1. The Bertz CT molecular complexity index is 984. The second-order valence-corrected chi connectivity index (χ2v) is 6.11. The molecular formula is C19H17F3N6. The van der Waals surface area contributed by atoms with Gasteiger partial charge in [0.2, 0.25) is 0 Å². The van der Waals surface area contributed by atoms with Crippen molar-refractivity contribution in [2.75, 3.05) is 0 Å². The smallest absolute Gasteiger partial charge is 0.315 e. The molecule has 0 aliphatic rings. The van der Waals surface area contributed by atoms with Crippen LogP contribution >= 0.6 is 0 Å². The Morgan fingerprint density at radius 3 is 2.07 bits per heavy atom. The van der Waals surface area contributed by atoms with Gasteiger partial charge in [0.05, 0.1) is 12.1 Å². The Morgan fingerprint density at radius 2 is 1.54 bits per heavy atom. The molecule has 0 fully saturated rings. The van der Waals surface area contributed by atoms with Crippen LogP contribution in [-0.2, 0) is 25.7 Å². The fourth-order valence-electron chi connectivity index (χ4n) is 2.93. The van der Waals surface area contributed by atoms with E-state index < -0.39 is 11.7 Å². The van der Waals surface area contributed by atoms with E-state index in [4.69, 9.17) is 5.53 Å². The molecule has 1 aromatic heterocycles. The van der Waals surface area contributed by atoms with Crippen molar-refractivity contribution in [2.45, 2.75) is 32.6 Å². The number of hydrogen-bond acceptors (Lipinski definition) is 3. The van der Waals surface area contributed by atoms with Gasteiger partial charge in [-0.15, -0.1) is 10.2 Å². The lowest BCUT2D eigenvalue weighted by Crippen LogP contribution is -2.06. The quantitative estimate of drug-likeness (QED) is 0.324. The van der Waals surface area contributed by atoms with Gasteiger partial charge in [-0.3, -0.25) is 0 Å². The molecule has 0 spiro atoms. The van der Waals surface area contributed by atoms with Gasteiger partial charge in [-0.2, -0.15) is 13.2 Å². The second-order valence-electron chi connectivity index (χ2n) is 6.11. The second kappa shape index (κ2) is 8.14. The van der Waals surface area contributed by atoms with Crippen LogP contribution in [0.25, 0.3) is 21.6 Å². The van der Waals surface area contributed by atoms with Crippen molar-refractivity contribution in [3.63, 3.8) is 0 Å². The standard InChI is InChI=1S/C19H17F3N6/c1-2-28-17(25-26-18(28)12-24-27-23)11-13-3-5-14(6-4-13)15-7-9-16(10-8-15)19(20,21)22/h3-10H,2,11-12H2,1H3. The molecule has 0 saturated heterocycles. The van der Waals surface area contributed by atoms with Gasteiger partial charge in [0.15, 0.2) is 0 Å². The van der Waals surface area contributed by atoms with Crippen molar-refractivity contribution in [2.24, 2.45) is 5.11 Å². The third-order valence-corrected chi connectivity index (χ3v) is 4.36. The zero-order valence-electron chi connectivity index (χ0n) is 15.1. The van der Waals surface area contributed by atoms with Crippen molar-refractivity contribution >= 4 is 0 Å². The molecule has 0 aliphatic heterocycles. The molecule has 3 aromatic rings. The molecule has 0 aliphatic carbocycles. The molecule has 0 amide bonds. The first-order valence-corrected chi connectivity index (χ1v) is 8.60. The highest BCUT2D eigenvalue weighted by molar-refractivity contribution is 5.64. The Balaban J connectivity index is 1.76. The Labute approximate surface area is 159 Å². The highest BCUT2D eigenvalue weighted by atomic mass is 19.4.